The van der Waals surface area contributed by atoms with Gasteiger partial charge in [0.2, 0.25) is 0 Å². The number of benzene rings is 1. The molecular formula is C15H21N3. The van der Waals surface area contributed by atoms with Gasteiger partial charge in [0.15, 0.2) is 0 Å². The van der Waals surface area contributed by atoms with E-state index in [0.29, 0.717) is 0 Å². The molecule has 0 spiro atoms. The monoisotopic (exact) mass is 243 g/mol. The molecule has 1 aromatic heterocycles. The van der Waals surface area contributed by atoms with Gasteiger partial charge in [-0.3, -0.25) is 0 Å². The summed E-state index contributed by atoms with van der Waals surface area (Å²) in [5.74, 6) is 0. The van der Waals surface area contributed by atoms with E-state index in [9.17, 15) is 0 Å². The molecule has 0 saturated heterocycles. The molecule has 2 rings (SSSR count). The molecule has 18 heavy (non-hydrogen) atoms. The SMILES string of the molecule is CNC(C)(C)c1cncn1Cc1ccc(C)cc1. The van der Waals surface area contributed by atoms with E-state index in [4.69, 9.17) is 0 Å². The maximum absolute atomic E-state index is 4.27. The summed E-state index contributed by atoms with van der Waals surface area (Å²) in [5, 5.41) is 3.32. The Labute approximate surface area is 109 Å². The first kappa shape index (κ1) is 12.8. The second-order valence-corrected chi connectivity index (χ2v) is 5.27. The van der Waals surface area contributed by atoms with Crippen LogP contribution in [-0.4, -0.2) is 16.6 Å². The number of aryl methyl sites for hydroxylation is 1. The normalized spacial score (nSPS) is 11.8. The van der Waals surface area contributed by atoms with Crippen molar-refractivity contribution in [2.45, 2.75) is 32.9 Å². The number of hydrogen-bond donors (Lipinski definition) is 1. The molecular weight excluding hydrogens is 222 g/mol. The minimum Gasteiger partial charge on any atom is -0.328 e. The predicted octanol–water partition coefficient (Wildman–Crippen LogP) is 2.69. The Balaban J connectivity index is 2.25. The molecule has 0 bridgehead atoms. The highest BCUT2D eigenvalue weighted by Gasteiger charge is 2.21. The van der Waals surface area contributed by atoms with Gasteiger partial charge in [-0.2, -0.15) is 0 Å². The van der Waals surface area contributed by atoms with Crippen LogP contribution in [0.15, 0.2) is 36.8 Å². The Morgan fingerprint density at radius 1 is 1.22 bits per heavy atom. The van der Waals surface area contributed by atoms with Gasteiger partial charge >= 0.3 is 0 Å². The first-order chi connectivity index (χ1) is 8.53. The zero-order valence-corrected chi connectivity index (χ0v) is 11.6. The van der Waals surface area contributed by atoms with E-state index >= 15 is 0 Å². The molecule has 0 atom stereocenters. The first-order valence-corrected chi connectivity index (χ1v) is 6.28. The van der Waals surface area contributed by atoms with E-state index in [-0.39, 0.29) is 5.54 Å². The van der Waals surface area contributed by atoms with E-state index in [0.717, 1.165) is 6.54 Å². The van der Waals surface area contributed by atoms with Crippen LogP contribution in [0.3, 0.4) is 0 Å². The Bertz CT molecular complexity index is 509. The van der Waals surface area contributed by atoms with Crippen LogP contribution < -0.4 is 5.32 Å². The lowest BCUT2D eigenvalue weighted by Gasteiger charge is -2.25. The van der Waals surface area contributed by atoms with Crippen molar-refractivity contribution in [3.8, 4) is 0 Å². The Morgan fingerprint density at radius 3 is 2.50 bits per heavy atom. The molecule has 0 saturated carbocycles. The van der Waals surface area contributed by atoms with Crippen molar-refractivity contribution in [1.82, 2.24) is 14.9 Å². The summed E-state index contributed by atoms with van der Waals surface area (Å²) in [6, 6.07) is 8.64. The number of aromatic nitrogens is 2. The van der Waals surface area contributed by atoms with Gasteiger partial charge in [-0.1, -0.05) is 29.8 Å². The molecule has 0 aliphatic rings. The van der Waals surface area contributed by atoms with Gasteiger partial charge in [-0.25, -0.2) is 4.98 Å². The molecule has 3 heteroatoms. The standard InChI is InChI=1S/C15H21N3/c1-12-5-7-13(8-6-12)10-18-11-17-9-14(18)15(2,3)16-4/h5-9,11,16H,10H2,1-4H3. The van der Waals surface area contributed by atoms with Crippen molar-refractivity contribution in [2.24, 2.45) is 0 Å². The second kappa shape index (κ2) is 4.94. The number of nitrogens with one attached hydrogen (secondary N) is 1. The lowest BCUT2D eigenvalue weighted by Crippen LogP contribution is -2.35. The number of rotatable bonds is 4. The van der Waals surface area contributed by atoms with E-state index in [2.05, 4.69) is 59.9 Å². The minimum atomic E-state index is -0.0683. The summed E-state index contributed by atoms with van der Waals surface area (Å²) >= 11 is 0. The van der Waals surface area contributed by atoms with Gasteiger partial charge < -0.3 is 9.88 Å². The highest BCUT2D eigenvalue weighted by Crippen LogP contribution is 2.20. The average molecular weight is 243 g/mol. The van der Waals surface area contributed by atoms with Crippen molar-refractivity contribution in [3.05, 3.63) is 53.6 Å². The van der Waals surface area contributed by atoms with Gasteiger partial charge in [-0.05, 0) is 33.4 Å². The fraction of sp³-hybridized carbons (Fsp3) is 0.400. The third kappa shape index (κ3) is 2.62. The van der Waals surface area contributed by atoms with E-state index in [1.54, 1.807) is 0 Å². The summed E-state index contributed by atoms with van der Waals surface area (Å²) in [7, 11) is 1.98. The van der Waals surface area contributed by atoms with Crippen LogP contribution in [0.1, 0.15) is 30.7 Å². The molecule has 2 aromatic rings. The largest absolute Gasteiger partial charge is 0.328 e. The van der Waals surface area contributed by atoms with E-state index in [1.165, 1.54) is 16.8 Å². The Morgan fingerprint density at radius 2 is 1.89 bits per heavy atom. The maximum Gasteiger partial charge on any atom is 0.0951 e. The molecule has 3 nitrogen and oxygen atoms in total. The molecule has 1 aromatic carbocycles. The van der Waals surface area contributed by atoms with Crippen LogP contribution in [0.2, 0.25) is 0 Å². The highest BCUT2D eigenvalue weighted by atomic mass is 15.1. The summed E-state index contributed by atoms with van der Waals surface area (Å²) in [5.41, 5.74) is 3.72. The van der Waals surface area contributed by atoms with Crippen LogP contribution >= 0.6 is 0 Å². The highest BCUT2D eigenvalue weighted by molar-refractivity contribution is 5.22. The smallest absolute Gasteiger partial charge is 0.0951 e. The van der Waals surface area contributed by atoms with Crippen molar-refractivity contribution >= 4 is 0 Å². The molecule has 0 aliphatic heterocycles. The molecule has 1 heterocycles. The third-order valence-corrected chi connectivity index (χ3v) is 3.45. The zero-order chi connectivity index (χ0) is 13.2. The number of nitrogens with zero attached hydrogens (tertiary/aromatic N) is 2. The van der Waals surface area contributed by atoms with Gasteiger partial charge in [0.05, 0.1) is 23.8 Å². The number of hydrogen-bond acceptors (Lipinski definition) is 2. The first-order valence-electron chi connectivity index (χ1n) is 6.28. The summed E-state index contributed by atoms with van der Waals surface area (Å²) in [6.07, 6.45) is 3.83. The summed E-state index contributed by atoms with van der Waals surface area (Å²) in [4.78, 5) is 4.27. The Hall–Kier alpha value is -1.61. The molecule has 0 unspecified atom stereocenters. The fourth-order valence-electron chi connectivity index (χ4n) is 1.99. The molecule has 0 aliphatic carbocycles. The van der Waals surface area contributed by atoms with Crippen molar-refractivity contribution < 1.29 is 0 Å². The van der Waals surface area contributed by atoms with Gasteiger partial charge in [-0.15, -0.1) is 0 Å². The second-order valence-electron chi connectivity index (χ2n) is 5.27. The lowest BCUT2D eigenvalue weighted by molar-refractivity contribution is 0.413. The van der Waals surface area contributed by atoms with Crippen LogP contribution in [-0.2, 0) is 12.1 Å². The van der Waals surface area contributed by atoms with Crippen LogP contribution in [0, 0.1) is 6.92 Å². The average Bonchev–Trinajstić information content (AvgIpc) is 2.81. The molecule has 0 fully saturated rings. The van der Waals surface area contributed by atoms with Crippen LogP contribution in [0.4, 0.5) is 0 Å². The fourth-order valence-corrected chi connectivity index (χ4v) is 1.99. The van der Waals surface area contributed by atoms with Gasteiger partial charge in [0.1, 0.15) is 0 Å². The van der Waals surface area contributed by atoms with Crippen molar-refractivity contribution in [1.29, 1.82) is 0 Å². The zero-order valence-electron chi connectivity index (χ0n) is 11.6. The van der Waals surface area contributed by atoms with Gasteiger partial charge in [0.25, 0.3) is 0 Å². The van der Waals surface area contributed by atoms with Gasteiger partial charge in [0, 0.05) is 6.54 Å². The molecule has 1 N–H and O–H groups in total. The van der Waals surface area contributed by atoms with E-state index in [1.807, 2.05) is 19.6 Å². The maximum atomic E-state index is 4.27. The molecule has 96 valence electrons. The molecule has 0 amide bonds. The topological polar surface area (TPSA) is 29.9 Å². The van der Waals surface area contributed by atoms with Crippen LogP contribution in [0.25, 0.3) is 0 Å². The predicted molar refractivity (Wildman–Crippen MR) is 74.6 cm³/mol. The Kier molecular flexibility index (Phi) is 3.53. The van der Waals surface area contributed by atoms with E-state index < -0.39 is 0 Å². The van der Waals surface area contributed by atoms with Crippen molar-refractivity contribution in [3.63, 3.8) is 0 Å². The summed E-state index contributed by atoms with van der Waals surface area (Å²) in [6.45, 7) is 7.29. The summed E-state index contributed by atoms with van der Waals surface area (Å²) < 4.78 is 2.20. The minimum absolute atomic E-state index is 0.0683. The third-order valence-electron chi connectivity index (χ3n) is 3.45. The molecule has 0 radical (unpaired) electrons. The number of imidazole rings is 1. The lowest BCUT2D eigenvalue weighted by atomic mass is 10.0. The van der Waals surface area contributed by atoms with Crippen LogP contribution in [0.5, 0.6) is 0 Å². The quantitative estimate of drug-likeness (QED) is 0.894. The van der Waals surface area contributed by atoms with Crippen molar-refractivity contribution in [2.75, 3.05) is 7.05 Å².